The number of aliphatic hydroxyl groups excluding tert-OH is 1. The van der Waals surface area contributed by atoms with Crippen LogP contribution in [0.4, 0.5) is 4.79 Å². The van der Waals surface area contributed by atoms with Crippen LogP contribution >= 0.6 is 0 Å². The Bertz CT molecular complexity index is 548. The van der Waals surface area contributed by atoms with Gasteiger partial charge in [-0.25, -0.2) is 4.79 Å². The number of aliphatic hydroxyl groups is 1. The molecule has 0 aromatic heterocycles. The Morgan fingerprint density at radius 2 is 1.96 bits per heavy atom. The lowest BCUT2D eigenvalue weighted by Gasteiger charge is -2.32. The fraction of sp³-hybridized carbons (Fsp3) is 0.526. The molecule has 0 aliphatic carbocycles. The van der Waals surface area contributed by atoms with Gasteiger partial charge in [0, 0.05) is 32.2 Å². The van der Waals surface area contributed by atoms with Crippen molar-refractivity contribution in [3.63, 3.8) is 0 Å². The SMILES string of the molecule is C=C(C)CN1CCC(NC(=O)NCC(O)c2ccc(C)cc2)CC1. The predicted molar refractivity (Wildman–Crippen MR) is 96.9 cm³/mol. The Kier molecular flexibility index (Phi) is 6.82. The highest BCUT2D eigenvalue weighted by atomic mass is 16.3. The predicted octanol–water partition coefficient (Wildman–Crippen LogP) is 2.37. The molecule has 0 bridgehead atoms. The molecular weight excluding hydrogens is 302 g/mol. The van der Waals surface area contributed by atoms with Gasteiger partial charge in [-0.2, -0.15) is 0 Å². The minimum absolute atomic E-state index is 0.197. The quantitative estimate of drug-likeness (QED) is 0.701. The Morgan fingerprint density at radius 1 is 1.33 bits per heavy atom. The summed E-state index contributed by atoms with van der Waals surface area (Å²) in [5, 5.41) is 15.9. The number of likely N-dealkylation sites (tertiary alicyclic amines) is 1. The molecule has 5 heteroatoms. The number of hydrogen-bond donors (Lipinski definition) is 3. The van der Waals surface area contributed by atoms with E-state index in [1.807, 2.05) is 38.1 Å². The van der Waals surface area contributed by atoms with E-state index in [0.29, 0.717) is 0 Å². The maximum atomic E-state index is 12.0. The number of rotatable bonds is 6. The fourth-order valence-electron chi connectivity index (χ4n) is 2.95. The van der Waals surface area contributed by atoms with Crippen molar-refractivity contribution in [1.29, 1.82) is 0 Å². The van der Waals surface area contributed by atoms with E-state index in [4.69, 9.17) is 0 Å². The van der Waals surface area contributed by atoms with Crippen molar-refractivity contribution < 1.29 is 9.90 Å². The molecule has 24 heavy (non-hydrogen) atoms. The van der Waals surface area contributed by atoms with E-state index in [0.717, 1.165) is 43.6 Å². The van der Waals surface area contributed by atoms with E-state index < -0.39 is 6.10 Å². The van der Waals surface area contributed by atoms with Gasteiger partial charge in [-0.1, -0.05) is 42.0 Å². The molecule has 5 nitrogen and oxygen atoms in total. The molecule has 1 saturated heterocycles. The third-order valence-electron chi connectivity index (χ3n) is 4.33. The first-order chi connectivity index (χ1) is 11.4. The molecule has 3 N–H and O–H groups in total. The average Bonchev–Trinajstić information content (AvgIpc) is 2.54. The summed E-state index contributed by atoms with van der Waals surface area (Å²) in [5.74, 6) is 0. The van der Waals surface area contributed by atoms with Gasteiger partial charge < -0.3 is 15.7 Å². The van der Waals surface area contributed by atoms with Crippen molar-refractivity contribution in [2.45, 2.75) is 38.8 Å². The van der Waals surface area contributed by atoms with Crippen molar-refractivity contribution in [2.75, 3.05) is 26.2 Å². The van der Waals surface area contributed by atoms with Crippen LogP contribution in [0.1, 0.15) is 37.0 Å². The second-order valence-electron chi connectivity index (χ2n) is 6.79. The summed E-state index contributed by atoms with van der Waals surface area (Å²) in [5.41, 5.74) is 3.13. The topological polar surface area (TPSA) is 64.6 Å². The molecule has 2 rings (SSSR count). The molecule has 1 aromatic rings. The highest BCUT2D eigenvalue weighted by molar-refractivity contribution is 5.74. The maximum Gasteiger partial charge on any atom is 0.315 e. The number of piperidine rings is 1. The first kappa shape index (κ1) is 18.5. The van der Waals surface area contributed by atoms with Crippen LogP contribution in [-0.2, 0) is 0 Å². The summed E-state index contributed by atoms with van der Waals surface area (Å²) in [6.07, 6.45) is 1.20. The number of amides is 2. The van der Waals surface area contributed by atoms with Crippen LogP contribution < -0.4 is 10.6 Å². The summed E-state index contributed by atoms with van der Waals surface area (Å²) >= 11 is 0. The lowest BCUT2D eigenvalue weighted by molar-refractivity contribution is 0.169. The Labute approximate surface area is 144 Å². The van der Waals surface area contributed by atoms with E-state index in [1.165, 1.54) is 5.57 Å². The van der Waals surface area contributed by atoms with Gasteiger partial charge in [0.05, 0.1) is 6.10 Å². The standard InChI is InChI=1S/C19H29N3O2/c1-14(2)13-22-10-8-17(9-11-22)21-19(24)20-12-18(23)16-6-4-15(3)5-7-16/h4-7,17-18,23H,1,8-13H2,2-3H3,(H2,20,21,24). The van der Waals surface area contributed by atoms with Crippen LogP contribution in [0.3, 0.4) is 0 Å². The van der Waals surface area contributed by atoms with Gasteiger partial charge in [-0.15, -0.1) is 0 Å². The highest BCUT2D eigenvalue weighted by Gasteiger charge is 2.20. The van der Waals surface area contributed by atoms with Gasteiger partial charge in [0.15, 0.2) is 0 Å². The number of nitrogens with zero attached hydrogens (tertiary/aromatic N) is 1. The number of carbonyl (C=O) groups is 1. The zero-order valence-electron chi connectivity index (χ0n) is 14.7. The Morgan fingerprint density at radius 3 is 2.54 bits per heavy atom. The van der Waals surface area contributed by atoms with Gasteiger partial charge >= 0.3 is 6.03 Å². The average molecular weight is 331 g/mol. The van der Waals surface area contributed by atoms with E-state index >= 15 is 0 Å². The van der Waals surface area contributed by atoms with Crippen molar-refractivity contribution >= 4 is 6.03 Å². The Balaban J connectivity index is 1.68. The largest absolute Gasteiger partial charge is 0.387 e. The molecule has 1 atom stereocenters. The Hall–Kier alpha value is -1.85. The number of nitrogens with one attached hydrogen (secondary N) is 2. The van der Waals surface area contributed by atoms with E-state index in [9.17, 15) is 9.90 Å². The molecule has 0 radical (unpaired) electrons. The molecule has 0 saturated carbocycles. The van der Waals surface area contributed by atoms with Crippen molar-refractivity contribution in [3.05, 3.63) is 47.5 Å². The molecule has 132 valence electrons. The second kappa shape index (κ2) is 8.85. The van der Waals surface area contributed by atoms with Gasteiger partial charge in [-0.05, 0) is 32.3 Å². The lowest BCUT2D eigenvalue weighted by Crippen LogP contribution is -2.48. The minimum Gasteiger partial charge on any atom is -0.387 e. The monoisotopic (exact) mass is 331 g/mol. The first-order valence-electron chi connectivity index (χ1n) is 8.60. The number of hydrogen-bond acceptors (Lipinski definition) is 3. The molecule has 1 aliphatic rings. The summed E-state index contributed by atoms with van der Waals surface area (Å²) in [6, 6.07) is 7.67. The third-order valence-corrected chi connectivity index (χ3v) is 4.33. The van der Waals surface area contributed by atoms with E-state index in [2.05, 4.69) is 22.1 Å². The van der Waals surface area contributed by atoms with Crippen LogP contribution in [0.25, 0.3) is 0 Å². The zero-order chi connectivity index (χ0) is 17.5. The van der Waals surface area contributed by atoms with E-state index in [1.54, 1.807) is 0 Å². The summed E-state index contributed by atoms with van der Waals surface area (Å²) in [6.45, 7) is 11.1. The lowest BCUT2D eigenvalue weighted by atomic mass is 10.0. The van der Waals surface area contributed by atoms with Crippen LogP contribution in [-0.4, -0.2) is 48.3 Å². The van der Waals surface area contributed by atoms with Gasteiger partial charge in [-0.3, -0.25) is 4.90 Å². The fourth-order valence-corrected chi connectivity index (χ4v) is 2.95. The van der Waals surface area contributed by atoms with Crippen molar-refractivity contribution in [3.8, 4) is 0 Å². The van der Waals surface area contributed by atoms with Crippen LogP contribution in [0, 0.1) is 6.92 Å². The third kappa shape index (κ3) is 5.98. The van der Waals surface area contributed by atoms with Crippen molar-refractivity contribution in [1.82, 2.24) is 15.5 Å². The summed E-state index contributed by atoms with van der Waals surface area (Å²) in [7, 11) is 0. The number of benzene rings is 1. The zero-order valence-corrected chi connectivity index (χ0v) is 14.7. The number of urea groups is 1. The second-order valence-corrected chi connectivity index (χ2v) is 6.79. The van der Waals surface area contributed by atoms with E-state index in [-0.39, 0.29) is 18.6 Å². The van der Waals surface area contributed by atoms with Crippen molar-refractivity contribution in [2.24, 2.45) is 0 Å². The van der Waals surface area contributed by atoms with Gasteiger partial charge in [0.1, 0.15) is 0 Å². The summed E-state index contributed by atoms with van der Waals surface area (Å²) in [4.78, 5) is 14.4. The van der Waals surface area contributed by atoms with Gasteiger partial charge in [0.25, 0.3) is 0 Å². The maximum absolute atomic E-state index is 12.0. The molecule has 1 fully saturated rings. The first-order valence-corrected chi connectivity index (χ1v) is 8.60. The van der Waals surface area contributed by atoms with Crippen LogP contribution in [0.2, 0.25) is 0 Å². The minimum atomic E-state index is -0.686. The molecule has 1 unspecified atom stereocenters. The molecule has 2 amide bonds. The van der Waals surface area contributed by atoms with Gasteiger partial charge in [0.2, 0.25) is 0 Å². The number of aryl methyl sites for hydroxylation is 1. The van der Waals surface area contributed by atoms with Crippen LogP contribution in [0.15, 0.2) is 36.4 Å². The normalized spacial score (nSPS) is 17.3. The smallest absolute Gasteiger partial charge is 0.315 e. The molecule has 1 heterocycles. The molecule has 0 spiro atoms. The highest BCUT2D eigenvalue weighted by Crippen LogP contribution is 2.13. The molecule has 1 aromatic carbocycles. The number of carbonyl (C=O) groups excluding carboxylic acids is 1. The molecule has 1 aliphatic heterocycles. The van der Waals surface area contributed by atoms with Crippen LogP contribution in [0.5, 0.6) is 0 Å². The molecular formula is C19H29N3O2. The summed E-state index contributed by atoms with van der Waals surface area (Å²) < 4.78 is 0.